The zero-order chi connectivity index (χ0) is 10.7. The van der Waals surface area contributed by atoms with Crippen LogP contribution in [0.1, 0.15) is 23.6 Å². The Morgan fingerprint density at radius 1 is 1.21 bits per heavy atom. The van der Waals surface area contributed by atoms with Crippen LogP contribution >= 0.6 is 0 Å². The van der Waals surface area contributed by atoms with Crippen molar-refractivity contribution in [1.82, 2.24) is 0 Å². The van der Waals surface area contributed by atoms with Crippen molar-refractivity contribution in [2.75, 3.05) is 6.61 Å². The summed E-state index contributed by atoms with van der Waals surface area (Å²) in [6.07, 6.45) is -0.144. The number of hydrogen-bond acceptors (Lipinski definition) is 2. The van der Waals surface area contributed by atoms with Crippen molar-refractivity contribution in [2.45, 2.75) is 33.8 Å². The molecule has 0 aliphatic carbocycles. The third-order valence-electron chi connectivity index (χ3n) is 2.45. The molecular weight excluding hydrogens is 176 g/mol. The molecule has 1 atom stereocenters. The SMILES string of the molecule is Cc1ccc(C)c(OC(C)CO)c1C. The highest BCUT2D eigenvalue weighted by Gasteiger charge is 2.09. The molecule has 2 nitrogen and oxygen atoms in total. The maximum Gasteiger partial charge on any atom is 0.125 e. The fourth-order valence-electron chi connectivity index (χ4n) is 1.35. The second kappa shape index (κ2) is 4.47. The van der Waals surface area contributed by atoms with Gasteiger partial charge in [-0.05, 0) is 44.4 Å². The van der Waals surface area contributed by atoms with Gasteiger partial charge < -0.3 is 9.84 Å². The van der Waals surface area contributed by atoms with Crippen LogP contribution in [-0.2, 0) is 0 Å². The van der Waals surface area contributed by atoms with Crippen molar-refractivity contribution in [3.63, 3.8) is 0 Å². The van der Waals surface area contributed by atoms with Gasteiger partial charge in [0.25, 0.3) is 0 Å². The molecule has 0 aliphatic heterocycles. The topological polar surface area (TPSA) is 29.5 Å². The molecule has 0 amide bonds. The van der Waals surface area contributed by atoms with E-state index < -0.39 is 0 Å². The average molecular weight is 194 g/mol. The molecule has 0 aromatic heterocycles. The van der Waals surface area contributed by atoms with Crippen molar-refractivity contribution in [2.24, 2.45) is 0 Å². The lowest BCUT2D eigenvalue weighted by atomic mass is 10.1. The summed E-state index contributed by atoms with van der Waals surface area (Å²) in [6, 6.07) is 4.13. The van der Waals surface area contributed by atoms with Gasteiger partial charge in [0, 0.05) is 0 Å². The van der Waals surface area contributed by atoms with E-state index in [1.807, 2.05) is 26.8 Å². The number of aryl methyl sites for hydroxylation is 2. The number of aliphatic hydroxyl groups is 1. The van der Waals surface area contributed by atoms with Crippen LogP contribution in [0.4, 0.5) is 0 Å². The van der Waals surface area contributed by atoms with Gasteiger partial charge in [-0.25, -0.2) is 0 Å². The van der Waals surface area contributed by atoms with E-state index in [9.17, 15) is 0 Å². The quantitative estimate of drug-likeness (QED) is 0.800. The Morgan fingerprint density at radius 3 is 2.36 bits per heavy atom. The Labute approximate surface area is 85.5 Å². The van der Waals surface area contributed by atoms with Gasteiger partial charge in [0.2, 0.25) is 0 Å². The Kier molecular flexibility index (Phi) is 3.53. The molecule has 1 N–H and O–H groups in total. The first-order chi connectivity index (χ1) is 6.56. The van der Waals surface area contributed by atoms with Crippen molar-refractivity contribution in [1.29, 1.82) is 0 Å². The lowest BCUT2D eigenvalue weighted by Gasteiger charge is -2.17. The minimum absolute atomic E-state index is 0.0484. The van der Waals surface area contributed by atoms with Crippen molar-refractivity contribution in [3.8, 4) is 5.75 Å². The van der Waals surface area contributed by atoms with E-state index >= 15 is 0 Å². The smallest absolute Gasteiger partial charge is 0.125 e. The van der Waals surface area contributed by atoms with E-state index in [2.05, 4.69) is 13.0 Å². The largest absolute Gasteiger partial charge is 0.488 e. The molecule has 78 valence electrons. The number of ether oxygens (including phenoxy) is 1. The molecule has 1 aromatic rings. The Balaban J connectivity index is 3.00. The van der Waals surface area contributed by atoms with E-state index in [4.69, 9.17) is 9.84 Å². The van der Waals surface area contributed by atoms with Crippen molar-refractivity contribution in [3.05, 3.63) is 28.8 Å². The molecule has 0 aliphatic rings. The molecule has 14 heavy (non-hydrogen) atoms. The van der Waals surface area contributed by atoms with E-state index in [0.29, 0.717) is 0 Å². The first kappa shape index (κ1) is 11.1. The van der Waals surface area contributed by atoms with Crippen molar-refractivity contribution < 1.29 is 9.84 Å². The molecule has 1 unspecified atom stereocenters. The Hall–Kier alpha value is -1.02. The summed E-state index contributed by atoms with van der Waals surface area (Å²) in [4.78, 5) is 0. The summed E-state index contributed by atoms with van der Waals surface area (Å²) in [5, 5.41) is 8.92. The maximum atomic E-state index is 8.92. The summed E-state index contributed by atoms with van der Waals surface area (Å²) in [7, 11) is 0. The zero-order valence-corrected chi connectivity index (χ0v) is 9.29. The van der Waals surface area contributed by atoms with Gasteiger partial charge >= 0.3 is 0 Å². The number of benzene rings is 1. The van der Waals surface area contributed by atoms with E-state index in [-0.39, 0.29) is 12.7 Å². The molecule has 0 bridgehead atoms. The highest BCUT2D eigenvalue weighted by Crippen LogP contribution is 2.26. The highest BCUT2D eigenvalue weighted by molar-refractivity contribution is 5.44. The van der Waals surface area contributed by atoms with Crippen LogP contribution in [0, 0.1) is 20.8 Å². The summed E-state index contributed by atoms with van der Waals surface area (Å²) < 4.78 is 5.66. The highest BCUT2D eigenvalue weighted by atomic mass is 16.5. The molecular formula is C12H18O2. The average Bonchev–Trinajstić information content (AvgIpc) is 2.18. The molecule has 0 saturated carbocycles. The Bertz CT molecular complexity index is 318. The number of rotatable bonds is 3. The standard InChI is InChI=1S/C12H18O2/c1-8-5-6-9(2)12(11(8)4)14-10(3)7-13/h5-6,10,13H,7H2,1-4H3. The van der Waals surface area contributed by atoms with Gasteiger partial charge in [0.15, 0.2) is 0 Å². The van der Waals surface area contributed by atoms with E-state index in [1.165, 1.54) is 5.56 Å². The van der Waals surface area contributed by atoms with Crippen LogP contribution in [-0.4, -0.2) is 17.8 Å². The first-order valence-electron chi connectivity index (χ1n) is 4.90. The predicted molar refractivity (Wildman–Crippen MR) is 57.8 cm³/mol. The molecule has 0 saturated heterocycles. The summed E-state index contributed by atoms with van der Waals surface area (Å²) in [5.74, 6) is 0.909. The lowest BCUT2D eigenvalue weighted by molar-refractivity contribution is 0.128. The summed E-state index contributed by atoms with van der Waals surface area (Å²) in [5.41, 5.74) is 3.49. The minimum Gasteiger partial charge on any atom is -0.488 e. The van der Waals surface area contributed by atoms with Crippen LogP contribution in [0.25, 0.3) is 0 Å². The third-order valence-corrected chi connectivity index (χ3v) is 2.45. The third kappa shape index (κ3) is 2.26. The van der Waals surface area contributed by atoms with E-state index in [0.717, 1.165) is 16.9 Å². The summed E-state index contributed by atoms with van der Waals surface area (Å²) in [6.45, 7) is 8.03. The van der Waals surface area contributed by atoms with Gasteiger partial charge in [-0.15, -0.1) is 0 Å². The van der Waals surface area contributed by atoms with Crippen LogP contribution in [0.15, 0.2) is 12.1 Å². The Morgan fingerprint density at radius 2 is 1.79 bits per heavy atom. The van der Waals surface area contributed by atoms with Gasteiger partial charge in [0.1, 0.15) is 11.9 Å². The molecule has 0 radical (unpaired) electrons. The maximum absolute atomic E-state index is 8.92. The molecule has 0 spiro atoms. The monoisotopic (exact) mass is 194 g/mol. The van der Waals surface area contributed by atoms with Crippen LogP contribution in [0.5, 0.6) is 5.75 Å². The second-order valence-corrected chi connectivity index (χ2v) is 3.76. The molecule has 0 fully saturated rings. The normalized spacial score (nSPS) is 12.6. The fraction of sp³-hybridized carbons (Fsp3) is 0.500. The van der Waals surface area contributed by atoms with Gasteiger partial charge in [-0.2, -0.15) is 0 Å². The number of hydrogen-bond donors (Lipinski definition) is 1. The van der Waals surface area contributed by atoms with Gasteiger partial charge in [-0.3, -0.25) is 0 Å². The van der Waals surface area contributed by atoms with E-state index in [1.54, 1.807) is 0 Å². The van der Waals surface area contributed by atoms with Crippen LogP contribution in [0.3, 0.4) is 0 Å². The summed E-state index contributed by atoms with van der Waals surface area (Å²) >= 11 is 0. The zero-order valence-electron chi connectivity index (χ0n) is 9.29. The molecule has 1 aromatic carbocycles. The van der Waals surface area contributed by atoms with Gasteiger partial charge in [0.05, 0.1) is 6.61 Å². The first-order valence-corrected chi connectivity index (χ1v) is 4.90. The number of aliphatic hydroxyl groups excluding tert-OH is 1. The van der Waals surface area contributed by atoms with Crippen LogP contribution < -0.4 is 4.74 Å². The van der Waals surface area contributed by atoms with Gasteiger partial charge in [-0.1, -0.05) is 12.1 Å². The van der Waals surface area contributed by atoms with Crippen LogP contribution in [0.2, 0.25) is 0 Å². The molecule has 2 heteroatoms. The predicted octanol–water partition coefficient (Wildman–Crippen LogP) is 2.37. The second-order valence-electron chi connectivity index (χ2n) is 3.76. The van der Waals surface area contributed by atoms with Crippen molar-refractivity contribution >= 4 is 0 Å². The minimum atomic E-state index is -0.144. The fourth-order valence-corrected chi connectivity index (χ4v) is 1.35. The lowest BCUT2D eigenvalue weighted by Crippen LogP contribution is -2.17. The molecule has 1 rings (SSSR count). The molecule has 0 heterocycles.